The maximum Gasteiger partial charge on any atom is 0.341 e. The van der Waals surface area contributed by atoms with Gasteiger partial charge in [0.1, 0.15) is 5.03 Å². The Morgan fingerprint density at radius 2 is 1.53 bits per heavy atom. The van der Waals surface area contributed by atoms with E-state index in [4.69, 9.17) is 4.74 Å². The Balaban J connectivity index is 1.32. The number of benzene rings is 2. The van der Waals surface area contributed by atoms with Crippen molar-refractivity contribution < 1.29 is 22.7 Å². The average molecular weight is 498 g/mol. The molecule has 0 saturated carbocycles. The van der Waals surface area contributed by atoms with E-state index in [1.165, 1.54) is 21.0 Å². The van der Waals surface area contributed by atoms with Gasteiger partial charge in [0.25, 0.3) is 5.91 Å². The van der Waals surface area contributed by atoms with E-state index in [2.05, 4.69) is 4.98 Å². The molecule has 34 heavy (non-hydrogen) atoms. The fourth-order valence-electron chi connectivity index (χ4n) is 3.44. The highest BCUT2D eigenvalue weighted by molar-refractivity contribution is 7.99. The molecule has 2 aromatic carbocycles. The molecular weight excluding hydrogens is 474 g/mol. The van der Waals surface area contributed by atoms with Crippen LogP contribution in [0.15, 0.2) is 93.8 Å². The SMILES string of the molecule is O=C(OCC(=O)N1CCN(S(=O)(=O)c2ccccc2)CC1)c1cccnc1Sc1ccccc1. The first-order valence-corrected chi connectivity index (χ1v) is 12.9. The van der Waals surface area contributed by atoms with Gasteiger partial charge >= 0.3 is 5.97 Å². The van der Waals surface area contributed by atoms with Crippen LogP contribution in [0.4, 0.5) is 0 Å². The summed E-state index contributed by atoms with van der Waals surface area (Å²) in [5, 5.41) is 0.492. The standard InChI is InChI=1S/C24H23N3O5S2/c28-22(26-14-16-27(17-15-26)34(30,31)20-10-5-2-6-11-20)18-32-24(29)21-12-7-13-25-23(21)33-19-8-3-1-4-9-19/h1-13H,14-18H2. The predicted octanol–water partition coefficient (Wildman–Crippen LogP) is 2.92. The van der Waals surface area contributed by atoms with Crippen molar-refractivity contribution in [2.45, 2.75) is 14.8 Å². The zero-order chi connectivity index (χ0) is 24.0. The van der Waals surface area contributed by atoms with Crippen LogP contribution in [0.25, 0.3) is 0 Å². The minimum Gasteiger partial charge on any atom is -0.452 e. The largest absolute Gasteiger partial charge is 0.452 e. The summed E-state index contributed by atoms with van der Waals surface area (Å²) >= 11 is 1.34. The second kappa shape index (κ2) is 10.8. The normalized spacial score (nSPS) is 14.5. The highest BCUT2D eigenvalue weighted by Gasteiger charge is 2.30. The lowest BCUT2D eigenvalue weighted by Gasteiger charge is -2.33. The van der Waals surface area contributed by atoms with Crippen molar-refractivity contribution in [3.8, 4) is 0 Å². The molecule has 0 atom stereocenters. The van der Waals surface area contributed by atoms with Crippen molar-refractivity contribution in [2.24, 2.45) is 0 Å². The quantitative estimate of drug-likeness (QED) is 0.463. The summed E-state index contributed by atoms with van der Waals surface area (Å²) in [6, 6.07) is 21.0. The number of aromatic nitrogens is 1. The van der Waals surface area contributed by atoms with Gasteiger partial charge in [-0.15, -0.1) is 0 Å². The fourth-order valence-corrected chi connectivity index (χ4v) is 5.78. The van der Waals surface area contributed by atoms with Crippen molar-refractivity contribution in [2.75, 3.05) is 32.8 Å². The monoisotopic (exact) mass is 497 g/mol. The number of piperazine rings is 1. The molecule has 0 aliphatic carbocycles. The zero-order valence-electron chi connectivity index (χ0n) is 18.2. The van der Waals surface area contributed by atoms with Crippen molar-refractivity contribution >= 4 is 33.7 Å². The Hall–Kier alpha value is -3.21. The second-order valence-corrected chi connectivity index (χ2v) is 10.4. The fraction of sp³-hybridized carbons (Fsp3) is 0.208. The molecule has 3 aromatic rings. The lowest BCUT2D eigenvalue weighted by molar-refractivity contribution is -0.135. The number of nitrogens with zero attached hydrogens (tertiary/aromatic N) is 3. The molecule has 1 aromatic heterocycles. The highest BCUT2D eigenvalue weighted by atomic mass is 32.2. The van der Waals surface area contributed by atoms with Crippen LogP contribution < -0.4 is 0 Å². The van der Waals surface area contributed by atoms with Crippen LogP contribution in [0.5, 0.6) is 0 Å². The summed E-state index contributed by atoms with van der Waals surface area (Å²) in [4.78, 5) is 32.2. The molecule has 0 unspecified atom stereocenters. The van der Waals surface area contributed by atoms with Gasteiger partial charge in [0.2, 0.25) is 10.0 Å². The summed E-state index contributed by atoms with van der Waals surface area (Å²) in [6.45, 7) is 0.387. The number of ether oxygens (including phenoxy) is 1. The number of pyridine rings is 1. The minimum atomic E-state index is -3.60. The molecule has 0 bridgehead atoms. The maximum absolute atomic E-state index is 12.7. The Labute approximate surface area is 202 Å². The molecule has 1 amide bonds. The molecular formula is C24H23N3O5S2. The molecule has 4 rings (SSSR count). The molecule has 10 heteroatoms. The van der Waals surface area contributed by atoms with Crippen molar-refractivity contribution in [1.82, 2.24) is 14.2 Å². The van der Waals surface area contributed by atoms with Crippen LogP contribution in [-0.2, 0) is 19.6 Å². The minimum absolute atomic E-state index is 0.178. The third-order valence-electron chi connectivity index (χ3n) is 5.25. The molecule has 176 valence electrons. The molecule has 0 radical (unpaired) electrons. The molecule has 1 aliphatic heterocycles. The number of carbonyl (C=O) groups excluding carboxylic acids is 2. The van der Waals surface area contributed by atoms with E-state index in [0.717, 1.165) is 4.90 Å². The Kier molecular flexibility index (Phi) is 7.61. The number of hydrogen-bond donors (Lipinski definition) is 0. The number of hydrogen-bond acceptors (Lipinski definition) is 7. The first kappa shape index (κ1) is 23.9. The van der Waals surface area contributed by atoms with E-state index in [0.29, 0.717) is 5.03 Å². The predicted molar refractivity (Wildman–Crippen MR) is 127 cm³/mol. The highest BCUT2D eigenvalue weighted by Crippen LogP contribution is 2.28. The van der Waals surface area contributed by atoms with Crippen LogP contribution in [-0.4, -0.2) is 67.3 Å². The summed E-state index contributed by atoms with van der Waals surface area (Å²) in [5.41, 5.74) is 0.280. The van der Waals surface area contributed by atoms with E-state index < -0.39 is 22.6 Å². The molecule has 0 spiro atoms. The maximum atomic E-state index is 12.7. The second-order valence-electron chi connectivity index (χ2n) is 7.45. The Morgan fingerprint density at radius 3 is 2.21 bits per heavy atom. The van der Waals surface area contributed by atoms with Crippen molar-refractivity contribution in [3.05, 3.63) is 84.6 Å². The first-order chi connectivity index (χ1) is 16.4. The molecule has 1 fully saturated rings. The summed E-state index contributed by atoms with van der Waals surface area (Å²) in [7, 11) is -3.60. The summed E-state index contributed by atoms with van der Waals surface area (Å²) in [6.07, 6.45) is 1.59. The van der Waals surface area contributed by atoms with Gasteiger partial charge in [-0.2, -0.15) is 4.31 Å². The van der Waals surface area contributed by atoms with E-state index in [9.17, 15) is 18.0 Å². The number of esters is 1. The smallest absolute Gasteiger partial charge is 0.341 e. The van der Waals surface area contributed by atoms with Crippen LogP contribution in [0.2, 0.25) is 0 Å². The molecule has 1 aliphatic rings. The van der Waals surface area contributed by atoms with Crippen LogP contribution in [0, 0.1) is 0 Å². The van der Waals surface area contributed by atoms with E-state index in [1.54, 1.807) is 48.7 Å². The molecule has 1 saturated heterocycles. The topological polar surface area (TPSA) is 96.9 Å². The van der Waals surface area contributed by atoms with Gasteiger partial charge in [0, 0.05) is 37.3 Å². The number of amides is 1. The average Bonchev–Trinajstić information content (AvgIpc) is 2.88. The van der Waals surface area contributed by atoms with Gasteiger partial charge in [0.15, 0.2) is 6.61 Å². The zero-order valence-corrected chi connectivity index (χ0v) is 19.9. The van der Waals surface area contributed by atoms with Gasteiger partial charge in [-0.05, 0) is 36.4 Å². The Bertz CT molecular complexity index is 1250. The third-order valence-corrected chi connectivity index (χ3v) is 8.19. The third kappa shape index (κ3) is 5.64. The lowest BCUT2D eigenvalue weighted by Crippen LogP contribution is -2.51. The van der Waals surface area contributed by atoms with E-state index in [-0.39, 0.29) is 42.5 Å². The van der Waals surface area contributed by atoms with Gasteiger partial charge in [-0.3, -0.25) is 4.79 Å². The summed E-state index contributed by atoms with van der Waals surface area (Å²) in [5.74, 6) is -1.00. The van der Waals surface area contributed by atoms with Crippen molar-refractivity contribution in [3.63, 3.8) is 0 Å². The van der Waals surface area contributed by atoms with E-state index in [1.807, 2.05) is 30.3 Å². The van der Waals surface area contributed by atoms with Gasteiger partial charge in [-0.1, -0.05) is 48.2 Å². The number of sulfonamides is 1. The molecule has 0 N–H and O–H groups in total. The number of rotatable bonds is 7. The van der Waals surface area contributed by atoms with Gasteiger partial charge in [-0.25, -0.2) is 18.2 Å². The first-order valence-electron chi connectivity index (χ1n) is 10.6. The number of carbonyl (C=O) groups is 2. The lowest BCUT2D eigenvalue weighted by atomic mass is 10.3. The van der Waals surface area contributed by atoms with Crippen LogP contribution >= 0.6 is 11.8 Å². The van der Waals surface area contributed by atoms with E-state index >= 15 is 0 Å². The summed E-state index contributed by atoms with van der Waals surface area (Å²) < 4.78 is 32.1. The van der Waals surface area contributed by atoms with Crippen molar-refractivity contribution in [1.29, 1.82) is 0 Å². The van der Waals surface area contributed by atoms with Crippen LogP contribution in [0.3, 0.4) is 0 Å². The molecule has 2 heterocycles. The Morgan fingerprint density at radius 1 is 0.882 bits per heavy atom. The van der Waals surface area contributed by atoms with Crippen LogP contribution in [0.1, 0.15) is 10.4 Å². The van der Waals surface area contributed by atoms with Gasteiger partial charge < -0.3 is 9.64 Å². The van der Waals surface area contributed by atoms with Gasteiger partial charge in [0.05, 0.1) is 10.5 Å². The molecule has 8 nitrogen and oxygen atoms in total.